The Kier molecular flexibility index (Phi) is 4.72. The average molecular weight is 405 g/mol. The number of primary amides is 1. The predicted molar refractivity (Wildman–Crippen MR) is 111 cm³/mol. The molecule has 4 saturated carbocycles. The summed E-state index contributed by atoms with van der Waals surface area (Å²) < 4.78 is 5.76. The topological polar surface area (TPSA) is 94.3 Å². The van der Waals surface area contributed by atoms with Gasteiger partial charge in [0.25, 0.3) is 5.91 Å². The van der Waals surface area contributed by atoms with Gasteiger partial charge in [0, 0.05) is 17.5 Å². The maximum absolute atomic E-state index is 13.0. The molecule has 2 amide bonds. The Hall–Kier alpha value is -2.89. The molecule has 0 aliphatic heterocycles. The number of carbonyl (C=O) groups is 2. The number of amides is 2. The highest BCUT2D eigenvalue weighted by Crippen LogP contribution is 2.59. The van der Waals surface area contributed by atoms with Crippen LogP contribution in [0.3, 0.4) is 0 Å². The molecule has 4 fully saturated rings. The van der Waals surface area contributed by atoms with Gasteiger partial charge in [-0.1, -0.05) is 36.4 Å². The molecule has 2 atom stereocenters. The first kappa shape index (κ1) is 19.1. The number of nitrogens with two attached hydrogens (primary N) is 1. The molecule has 4 aliphatic rings. The first-order valence-corrected chi connectivity index (χ1v) is 10.8. The van der Waals surface area contributed by atoms with Crippen LogP contribution in [-0.2, 0) is 11.4 Å². The summed E-state index contributed by atoms with van der Waals surface area (Å²) in [6.07, 6.45) is 4.68. The second kappa shape index (κ2) is 7.42. The van der Waals surface area contributed by atoms with E-state index in [4.69, 9.17) is 10.5 Å². The minimum atomic E-state index is -0.346. The third-order valence-corrected chi connectivity index (χ3v) is 7.28. The summed E-state index contributed by atoms with van der Waals surface area (Å²) in [5.41, 5.74) is 6.83. The molecule has 6 nitrogen and oxygen atoms in total. The molecule has 1 aromatic carbocycles. The number of benzene rings is 1. The Morgan fingerprint density at radius 2 is 1.77 bits per heavy atom. The lowest BCUT2D eigenvalue weighted by atomic mass is 9.47. The highest BCUT2D eigenvalue weighted by molar-refractivity contribution is 5.92. The quantitative estimate of drug-likeness (QED) is 0.772. The Morgan fingerprint density at radius 3 is 2.47 bits per heavy atom. The van der Waals surface area contributed by atoms with Crippen LogP contribution in [0.15, 0.2) is 48.5 Å². The van der Waals surface area contributed by atoms with E-state index in [9.17, 15) is 9.59 Å². The molecule has 1 aromatic heterocycles. The van der Waals surface area contributed by atoms with E-state index in [0.717, 1.165) is 37.7 Å². The normalized spacial score (nSPS) is 31.3. The van der Waals surface area contributed by atoms with Crippen molar-refractivity contribution in [3.63, 3.8) is 0 Å². The van der Waals surface area contributed by atoms with E-state index < -0.39 is 0 Å². The van der Waals surface area contributed by atoms with Gasteiger partial charge in [0.05, 0.1) is 0 Å². The second-order valence-electron chi connectivity index (χ2n) is 9.25. The molecule has 6 rings (SSSR count). The van der Waals surface area contributed by atoms with E-state index in [-0.39, 0.29) is 23.3 Å². The summed E-state index contributed by atoms with van der Waals surface area (Å²) in [6.45, 7) is 0.405. The number of pyridine rings is 1. The van der Waals surface area contributed by atoms with Crippen LogP contribution in [-0.4, -0.2) is 22.8 Å². The fourth-order valence-corrected chi connectivity index (χ4v) is 6.14. The van der Waals surface area contributed by atoms with Gasteiger partial charge < -0.3 is 15.8 Å². The SMILES string of the molecule is NC(=O)C12CC3CC(C1)C(NC(=O)c1cccc(OCc4ccccc4)n1)C(C3)C2. The highest BCUT2D eigenvalue weighted by Gasteiger charge is 2.58. The van der Waals surface area contributed by atoms with Gasteiger partial charge in [-0.2, -0.15) is 0 Å². The first-order valence-electron chi connectivity index (χ1n) is 10.8. The minimum Gasteiger partial charge on any atom is -0.473 e. The van der Waals surface area contributed by atoms with Crippen molar-refractivity contribution in [2.45, 2.75) is 44.8 Å². The fraction of sp³-hybridized carbons (Fsp3) is 0.458. The van der Waals surface area contributed by atoms with Gasteiger partial charge in [0.1, 0.15) is 12.3 Å². The van der Waals surface area contributed by atoms with Crippen molar-refractivity contribution in [3.05, 3.63) is 59.8 Å². The summed E-state index contributed by atoms with van der Waals surface area (Å²) in [6, 6.07) is 15.2. The Morgan fingerprint density at radius 1 is 1.03 bits per heavy atom. The lowest BCUT2D eigenvalue weighted by Crippen LogP contribution is -2.62. The van der Waals surface area contributed by atoms with Crippen molar-refractivity contribution >= 4 is 11.8 Å². The van der Waals surface area contributed by atoms with Gasteiger partial charge in [0.2, 0.25) is 11.8 Å². The van der Waals surface area contributed by atoms with Crippen molar-refractivity contribution in [1.82, 2.24) is 10.3 Å². The summed E-state index contributed by atoms with van der Waals surface area (Å²) in [5.74, 6) is 1.32. The van der Waals surface area contributed by atoms with Gasteiger partial charge in [-0.3, -0.25) is 9.59 Å². The summed E-state index contributed by atoms with van der Waals surface area (Å²) in [5, 5.41) is 3.23. The zero-order valence-electron chi connectivity index (χ0n) is 16.9. The molecule has 156 valence electrons. The van der Waals surface area contributed by atoms with Crippen LogP contribution in [0.2, 0.25) is 0 Å². The lowest BCUT2D eigenvalue weighted by Gasteiger charge is -2.58. The van der Waals surface area contributed by atoms with Crippen LogP contribution in [0.25, 0.3) is 0 Å². The van der Waals surface area contributed by atoms with Crippen LogP contribution in [0, 0.1) is 23.2 Å². The zero-order valence-corrected chi connectivity index (χ0v) is 16.9. The minimum absolute atomic E-state index is 0.0946. The summed E-state index contributed by atoms with van der Waals surface area (Å²) in [7, 11) is 0. The van der Waals surface area contributed by atoms with Gasteiger partial charge in [-0.15, -0.1) is 0 Å². The van der Waals surface area contributed by atoms with E-state index >= 15 is 0 Å². The molecule has 3 N–H and O–H groups in total. The average Bonchev–Trinajstić information content (AvgIpc) is 2.75. The Labute approximate surface area is 176 Å². The summed E-state index contributed by atoms with van der Waals surface area (Å²) in [4.78, 5) is 29.5. The van der Waals surface area contributed by atoms with Gasteiger partial charge in [-0.25, -0.2) is 4.98 Å². The zero-order chi connectivity index (χ0) is 20.7. The molecule has 1 heterocycles. The predicted octanol–water partition coefficient (Wildman–Crippen LogP) is 3.07. The molecule has 2 aromatic rings. The molecule has 2 unspecified atom stereocenters. The molecule has 0 saturated heterocycles. The number of nitrogens with zero attached hydrogens (tertiary/aromatic N) is 1. The van der Waals surface area contributed by atoms with Crippen LogP contribution in [0.1, 0.15) is 48.2 Å². The van der Waals surface area contributed by atoms with Crippen LogP contribution >= 0.6 is 0 Å². The maximum atomic E-state index is 13.0. The van der Waals surface area contributed by atoms with Gasteiger partial charge in [-0.05, 0) is 61.5 Å². The third-order valence-electron chi connectivity index (χ3n) is 7.28. The molecule has 4 aliphatic carbocycles. The van der Waals surface area contributed by atoms with Crippen LogP contribution < -0.4 is 15.8 Å². The number of hydrogen-bond donors (Lipinski definition) is 2. The maximum Gasteiger partial charge on any atom is 0.270 e. The fourth-order valence-electron chi connectivity index (χ4n) is 6.14. The number of hydrogen-bond acceptors (Lipinski definition) is 4. The van der Waals surface area contributed by atoms with Crippen LogP contribution in [0.5, 0.6) is 5.88 Å². The molecular formula is C24H27N3O3. The van der Waals surface area contributed by atoms with Crippen molar-refractivity contribution in [2.75, 3.05) is 0 Å². The monoisotopic (exact) mass is 405 g/mol. The van der Waals surface area contributed by atoms with E-state index in [0.29, 0.717) is 35.9 Å². The lowest BCUT2D eigenvalue weighted by molar-refractivity contribution is -0.145. The van der Waals surface area contributed by atoms with E-state index in [2.05, 4.69) is 10.3 Å². The van der Waals surface area contributed by atoms with Crippen molar-refractivity contribution in [3.8, 4) is 5.88 Å². The van der Waals surface area contributed by atoms with Crippen LogP contribution in [0.4, 0.5) is 0 Å². The molecule has 0 spiro atoms. The van der Waals surface area contributed by atoms with E-state index in [1.54, 1.807) is 18.2 Å². The Balaban J connectivity index is 1.26. The number of rotatable bonds is 6. The number of ether oxygens (including phenoxy) is 1. The Bertz CT molecular complexity index is 945. The highest BCUT2D eigenvalue weighted by atomic mass is 16.5. The number of nitrogens with one attached hydrogen (secondary N) is 1. The molecule has 6 heteroatoms. The third kappa shape index (κ3) is 3.44. The number of carbonyl (C=O) groups excluding carboxylic acids is 2. The van der Waals surface area contributed by atoms with Crippen molar-refractivity contribution in [1.29, 1.82) is 0 Å². The molecule has 0 radical (unpaired) electrons. The standard InChI is InChI=1S/C24H27N3O3/c25-23(29)24-11-16-9-17(12-24)21(18(10-16)13-24)27-22(28)19-7-4-8-20(26-19)30-14-15-5-2-1-3-6-15/h1-8,16-18,21H,9-14H2,(H2,25,29)(H,27,28). The smallest absolute Gasteiger partial charge is 0.270 e. The van der Waals surface area contributed by atoms with E-state index in [1.165, 1.54) is 0 Å². The van der Waals surface area contributed by atoms with Crippen molar-refractivity contribution in [2.24, 2.45) is 28.9 Å². The molecular weight excluding hydrogens is 378 g/mol. The largest absolute Gasteiger partial charge is 0.473 e. The van der Waals surface area contributed by atoms with Gasteiger partial charge in [0.15, 0.2) is 0 Å². The second-order valence-corrected chi connectivity index (χ2v) is 9.25. The first-order chi connectivity index (χ1) is 14.5. The van der Waals surface area contributed by atoms with Gasteiger partial charge >= 0.3 is 0 Å². The van der Waals surface area contributed by atoms with Crippen molar-refractivity contribution < 1.29 is 14.3 Å². The summed E-state index contributed by atoms with van der Waals surface area (Å²) >= 11 is 0. The number of aromatic nitrogens is 1. The molecule has 4 bridgehead atoms. The molecule has 30 heavy (non-hydrogen) atoms. The van der Waals surface area contributed by atoms with E-state index in [1.807, 2.05) is 30.3 Å².